The van der Waals surface area contributed by atoms with Crippen LogP contribution in [0.4, 0.5) is 0 Å². The number of hydrogen-bond donors (Lipinski definition) is 1. The van der Waals surface area contributed by atoms with Crippen molar-refractivity contribution in [2.45, 2.75) is 19.4 Å². The summed E-state index contributed by atoms with van der Waals surface area (Å²) in [7, 11) is 0. The minimum absolute atomic E-state index is 0.234. The van der Waals surface area contributed by atoms with E-state index in [1.165, 1.54) is 0 Å². The molecule has 1 aliphatic rings. The Kier molecular flexibility index (Phi) is 2.39. The fourth-order valence-corrected chi connectivity index (χ4v) is 1.69. The van der Waals surface area contributed by atoms with Crippen LogP contribution in [-0.2, 0) is 11.3 Å². The van der Waals surface area contributed by atoms with Gasteiger partial charge in [-0.05, 0) is 24.1 Å². The second-order valence-electron chi connectivity index (χ2n) is 3.59. The van der Waals surface area contributed by atoms with Crippen molar-refractivity contribution in [3.05, 3.63) is 29.8 Å². The van der Waals surface area contributed by atoms with Gasteiger partial charge in [0, 0.05) is 19.5 Å². The predicted molar refractivity (Wildman–Crippen MR) is 52.8 cm³/mol. The summed E-state index contributed by atoms with van der Waals surface area (Å²) in [6.45, 7) is 1.53. The lowest BCUT2D eigenvalue weighted by Gasteiger charge is -2.15. The zero-order valence-corrected chi connectivity index (χ0v) is 7.94. The molecule has 0 bridgehead atoms. The van der Waals surface area contributed by atoms with E-state index in [0.29, 0.717) is 13.0 Å². The zero-order valence-electron chi connectivity index (χ0n) is 7.94. The highest BCUT2D eigenvalue weighted by molar-refractivity contribution is 5.78. The Balaban J connectivity index is 2.03. The summed E-state index contributed by atoms with van der Waals surface area (Å²) in [6.07, 6.45) is 1.65. The minimum Gasteiger partial charge on any atom is -0.508 e. The highest BCUT2D eigenvalue weighted by atomic mass is 16.3. The maximum atomic E-state index is 11.3. The third kappa shape index (κ3) is 1.87. The van der Waals surface area contributed by atoms with Gasteiger partial charge in [0.15, 0.2) is 0 Å². The van der Waals surface area contributed by atoms with Gasteiger partial charge in [0.1, 0.15) is 5.75 Å². The Morgan fingerprint density at radius 2 is 2.00 bits per heavy atom. The van der Waals surface area contributed by atoms with Crippen LogP contribution >= 0.6 is 0 Å². The van der Waals surface area contributed by atoms with E-state index in [1.54, 1.807) is 12.1 Å². The van der Waals surface area contributed by atoms with Crippen LogP contribution in [0.1, 0.15) is 18.4 Å². The average molecular weight is 191 g/mol. The van der Waals surface area contributed by atoms with Crippen LogP contribution in [-0.4, -0.2) is 22.5 Å². The van der Waals surface area contributed by atoms with Gasteiger partial charge >= 0.3 is 0 Å². The Labute approximate surface area is 83.0 Å². The van der Waals surface area contributed by atoms with Crippen molar-refractivity contribution in [3.63, 3.8) is 0 Å². The summed E-state index contributed by atoms with van der Waals surface area (Å²) >= 11 is 0. The molecular formula is C11H13NO2. The molecule has 1 aromatic rings. The lowest BCUT2D eigenvalue weighted by atomic mass is 10.2. The van der Waals surface area contributed by atoms with Crippen LogP contribution in [0.15, 0.2) is 24.3 Å². The lowest BCUT2D eigenvalue weighted by molar-refractivity contribution is -0.128. The van der Waals surface area contributed by atoms with E-state index in [9.17, 15) is 4.79 Å². The molecule has 0 atom stereocenters. The third-order valence-electron chi connectivity index (χ3n) is 2.48. The number of hydrogen-bond acceptors (Lipinski definition) is 2. The van der Waals surface area contributed by atoms with E-state index in [2.05, 4.69) is 0 Å². The zero-order chi connectivity index (χ0) is 9.97. The molecule has 0 spiro atoms. The van der Waals surface area contributed by atoms with Crippen molar-refractivity contribution in [2.75, 3.05) is 6.54 Å². The number of benzene rings is 1. The van der Waals surface area contributed by atoms with Gasteiger partial charge in [-0.2, -0.15) is 0 Å². The molecule has 1 saturated heterocycles. The largest absolute Gasteiger partial charge is 0.508 e. The first-order valence-corrected chi connectivity index (χ1v) is 4.81. The smallest absolute Gasteiger partial charge is 0.222 e. The molecule has 0 unspecified atom stereocenters. The van der Waals surface area contributed by atoms with Crippen molar-refractivity contribution in [2.24, 2.45) is 0 Å². The first-order chi connectivity index (χ1) is 6.75. The van der Waals surface area contributed by atoms with Crippen LogP contribution in [0.2, 0.25) is 0 Å². The molecule has 1 heterocycles. The maximum Gasteiger partial charge on any atom is 0.222 e. The molecule has 0 saturated carbocycles. The Bertz CT molecular complexity index is 332. The topological polar surface area (TPSA) is 40.5 Å². The minimum atomic E-state index is 0.234. The van der Waals surface area contributed by atoms with Crippen LogP contribution in [0.3, 0.4) is 0 Å². The molecule has 0 aromatic heterocycles. The van der Waals surface area contributed by atoms with Gasteiger partial charge in [-0.3, -0.25) is 4.79 Å². The van der Waals surface area contributed by atoms with Crippen molar-refractivity contribution in [1.82, 2.24) is 4.90 Å². The number of phenols is 1. The number of phenolic OH excluding ortho intramolecular Hbond substituents is 1. The van der Waals surface area contributed by atoms with Crippen LogP contribution in [0, 0.1) is 0 Å². The number of nitrogens with zero attached hydrogens (tertiary/aromatic N) is 1. The molecule has 1 aliphatic heterocycles. The van der Waals surface area contributed by atoms with Crippen LogP contribution in [0.25, 0.3) is 0 Å². The van der Waals surface area contributed by atoms with Gasteiger partial charge in [-0.1, -0.05) is 12.1 Å². The van der Waals surface area contributed by atoms with E-state index < -0.39 is 0 Å². The molecule has 1 amide bonds. The first kappa shape index (κ1) is 9.06. The van der Waals surface area contributed by atoms with Gasteiger partial charge in [-0.25, -0.2) is 0 Å². The van der Waals surface area contributed by atoms with Crippen molar-refractivity contribution in [1.29, 1.82) is 0 Å². The molecule has 0 radical (unpaired) electrons. The van der Waals surface area contributed by atoms with Gasteiger partial charge in [0.05, 0.1) is 0 Å². The van der Waals surface area contributed by atoms with Crippen molar-refractivity contribution in [3.8, 4) is 5.75 Å². The fraction of sp³-hybridized carbons (Fsp3) is 0.364. The van der Waals surface area contributed by atoms with E-state index in [-0.39, 0.29) is 11.7 Å². The Morgan fingerprint density at radius 3 is 2.57 bits per heavy atom. The molecule has 0 aliphatic carbocycles. The molecule has 14 heavy (non-hydrogen) atoms. The molecule has 3 heteroatoms. The van der Waals surface area contributed by atoms with Crippen LogP contribution in [0.5, 0.6) is 5.75 Å². The quantitative estimate of drug-likeness (QED) is 0.769. The maximum absolute atomic E-state index is 11.3. The summed E-state index contributed by atoms with van der Waals surface area (Å²) in [5.74, 6) is 0.500. The summed E-state index contributed by atoms with van der Waals surface area (Å²) in [5, 5.41) is 9.09. The lowest BCUT2D eigenvalue weighted by Crippen LogP contribution is -2.23. The van der Waals surface area contributed by atoms with Crippen molar-refractivity contribution < 1.29 is 9.90 Å². The van der Waals surface area contributed by atoms with E-state index in [0.717, 1.165) is 18.5 Å². The van der Waals surface area contributed by atoms with Crippen LogP contribution < -0.4 is 0 Å². The predicted octanol–water partition coefficient (Wildman–Crippen LogP) is 1.51. The first-order valence-electron chi connectivity index (χ1n) is 4.81. The normalized spacial score (nSPS) is 16.3. The molecule has 1 N–H and O–H groups in total. The summed E-state index contributed by atoms with van der Waals surface area (Å²) in [6, 6.07) is 6.99. The number of carbonyl (C=O) groups excluding carboxylic acids is 1. The molecule has 1 fully saturated rings. The molecule has 3 nitrogen and oxygen atoms in total. The van der Waals surface area contributed by atoms with Gasteiger partial charge < -0.3 is 10.0 Å². The highest BCUT2D eigenvalue weighted by Crippen LogP contribution is 2.16. The number of amides is 1. The SMILES string of the molecule is O=C1CCCN1Cc1ccc(O)cc1. The average Bonchev–Trinajstić information content (AvgIpc) is 2.56. The summed E-state index contributed by atoms with van der Waals surface area (Å²) < 4.78 is 0. The molecule has 1 aromatic carbocycles. The highest BCUT2D eigenvalue weighted by Gasteiger charge is 2.19. The monoisotopic (exact) mass is 191 g/mol. The molecule has 74 valence electrons. The van der Waals surface area contributed by atoms with E-state index >= 15 is 0 Å². The van der Waals surface area contributed by atoms with Gasteiger partial charge in [0.2, 0.25) is 5.91 Å². The fourth-order valence-electron chi connectivity index (χ4n) is 1.69. The molecular weight excluding hydrogens is 178 g/mol. The van der Waals surface area contributed by atoms with E-state index in [4.69, 9.17) is 5.11 Å². The van der Waals surface area contributed by atoms with Crippen molar-refractivity contribution >= 4 is 5.91 Å². The molecule has 2 rings (SSSR count). The summed E-state index contributed by atoms with van der Waals surface area (Å²) in [5.41, 5.74) is 1.07. The summed E-state index contributed by atoms with van der Waals surface area (Å²) in [4.78, 5) is 13.2. The Hall–Kier alpha value is -1.51. The number of carbonyl (C=O) groups is 1. The second-order valence-corrected chi connectivity index (χ2v) is 3.59. The number of likely N-dealkylation sites (tertiary alicyclic amines) is 1. The number of aromatic hydroxyl groups is 1. The van der Waals surface area contributed by atoms with E-state index in [1.807, 2.05) is 17.0 Å². The van der Waals surface area contributed by atoms with Gasteiger partial charge in [-0.15, -0.1) is 0 Å². The Morgan fingerprint density at radius 1 is 1.29 bits per heavy atom. The standard InChI is InChI=1S/C11H13NO2/c13-10-5-3-9(4-6-10)8-12-7-1-2-11(12)14/h3-6,13H,1-2,7-8H2. The third-order valence-corrected chi connectivity index (χ3v) is 2.48. The number of rotatable bonds is 2. The second kappa shape index (κ2) is 3.70. The van der Waals surface area contributed by atoms with Gasteiger partial charge in [0.25, 0.3) is 0 Å².